The van der Waals surface area contributed by atoms with Gasteiger partial charge >= 0.3 is 0 Å². The fourth-order valence-corrected chi connectivity index (χ4v) is 3.17. The minimum atomic E-state index is 0.329. The number of nitrogens with one attached hydrogen (secondary N) is 1. The third kappa shape index (κ3) is 3.56. The van der Waals surface area contributed by atoms with Crippen molar-refractivity contribution in [3.8, 4) is 17.2 Å². The Bertz CT molecular complexity index is 509. The summed E-state index contributed by atoms with van der Waals surface area (Å²) in [5, 5.41) is 4.26. The van der Waals surface area contributed by atoms with Crippen molar-refractivity contribution < 1.29 is 14.2 Å². The van der Waals surface area contributed by atoms with Gasteiger partial charge in [-0.1, -0.05) is 18.7 Å². The van der Waals surface area contributed by atoms with Crippen molar-refractivity contribution in [3.63, 3.8) is 0 Å². The minimum absolute atomic E-state index is 0.329. The second kappa shape index (κ2) is 6.93. The van der Waals surface area contributed by atoms with Crippen LogP contribution in [0.25, 0.3) is 0 Å². The van der Waals surface area contributed by atoms with Crippen molar-refractivity contribution in [1.82, 2.24) is 0 Å². The van der Waals surface area contributed by atoms with E-state index in [4.69, 9.17) is 14.2 Å². The highest BCUT2D eigenvalue weighted by Gasteiger charge is 2.20. The number of aliphatic imine (C=N–C) groups is 1. The van der Waals surface area contributed by atoms with Gasteiger partial charge in [0.15, 0.2) is 16.7 Å². The smallest absolute Gasteiger partial charge is 0.203 e. The van der Waals surface area contributed by atoms with E-state index >= 15 is 0 Å². The SMILES string of the molecule is COc1cc(NC2=NC(C)C(C)CS2)cc(OC)c1OC. The van der Waals surface area contributed by atoms with Crippen molar-refractivity contribution >= 4 is 22.6 Å². The van der Waals surface area contributed by atoms with E-state index < -0.39 is 0 Å². The molecule has 0 amide bonds. The first-order valence-electron chi connectivity index (χ1n) is 6.86. The molecule has 0 aromatic heterocycles. The summed E-state index contributed by atoms with van der Waals surface area (Å²) in [5.74, 6) is 3.51. The number of methoxy groups -OCH3 is 3. The Labute approximate surface area is 130 Å². The first-order valence-corrected chi connectivity index (χ1v) is 7.85. The molecule has 1 aromatic carbocycles. The summed E-state index contributed by atoms with van der Waals surface area (Å²) in [6.07, 6.45) is 0. The summed E-state index contributed by atoms with van der Waals surface area (Å²) >= 11 is 1.73. The van der Waals surface area contributed by atoms with Crippen molar-refractivity contribution in [1.29, 1.82) is 0 Å². The van der Waals surface area contributed by atoms with Crippen LogP contribution in [0.15, 0.2) is 17.1 Å². The summed E-state index contributed by atoms with van der Waals surface area (Å²) < 4.78 is 16.0. The van der Waals surface area contributed by atoms with Gasteiger partial charge in [0.25, 0.3) is 0 Å². The standard InChI is InChI=1S/C15H22N2O3S/c1-9-8-21-15(16-10(9)2)17-11-6-12(18-3)14(20-5)13(7-11)19-4/h6-7,9-10H,8H2,1-5H3,(H,16,17). The molecular formula is C15H22N2O3S. The average Bonchev–Trinajstić information content (AvgIpc) is 2.49. The van der Waals surface area contributed by atoms with Crippen molar-refractivity contribution in [2.45, 2.75) is 19.9 Å². The van der Waals surface area contributed by atoms with E-state index in [9.17, 15) is 0 Å². The predicted molar refractivity (Wildman–Crippen MR) is 88.2 cm³/mol. The molecule has 2 atom stereocenters. The van der Waals surface area contributed by atoms with Crippen LogP contribution in [0.4, 0.5) is 5.69 Å². The van der Waals surface area contributed by atoms with Crippen LogP contribution in [-0.2, 0) is 0 Å². The highest BCUT2D eigenvalue weighted by molar-refractivity contribution is 8.14. The molecule has 0 saturated carbocycles. The molecule has 116 valence electrons. The average molecular weight is 310 g/mol. The summed E-state index contributed by atoms with van der Waals surface area (Å²) in [6.45, 7) is 4.36. The molecule has 1 aromatic rings. The molecule has 0 bridgehead atoms. The van der Waals surface area contributed by atoms with Crippen LogP contribution >= 0.6 is 11.8 Å². The second-order valence-electron chi connectivity index (χ2n) is 5.00. The van der Waals surface area contributed by atoms with Gasteiger partial charge in [0.2, 0.25) is 5.75 Å². The molecule has 1 heterocycles. The predicted octanol–water partition coefficient (Wildman–Crippen LogP) is 3.25. The van der Waals surface area contributed by atoms with Crippen LogP contribution in [0.1, 0.15) is 13.8 Å². The normalized spacial score (nSPS) is 21.5. The lowest BCUT2D eigenvalue weighted by atomic mass is 10.1. The number of benzene rings is 1. The van der Waals surface area contributed by atoms with E-state index in [0.717, 1.165) is 16.6 Å². The summed E-state index contributed by atoms with van der Waals surface area (Å²) in [6, 6.07) is 4.09. The molecule has 2 rings (SSSR count). The maximum atomic E-state index is 5.36. The largest absolute Gasteiger partial charge is 0.493 e. The van der Waals surface area contributed by atoms with Gasteiger partial charge in [-0.15, -0.1) is 0 Å². The second-order valence-corrected chi connectivity index (χ2v) is 6.01. The highest BCUT2D eigenvalue weighted by atomic mass is 32.2. The van der Waals surface area contributed by atoms with E-state index in [0.29, 0.717) is 29.2 Å². The van der Waals surface area contributed by atoms with E-state index in [1.807, 2.05) is 12.1 Å². The Kier molecular flexibility index (Phi) is 5.22. The lowest BCUT2D eigenvalue weighted by Gasteiger charge is -2.24. The Morgan fingerprint density at radius 2 is 1.71 bits per heavy atom. The number of thioether (sulfide) groups is 1. The molecule has 0 spiro atoms. The van der Waals surface area contributed by atoms with Crippen LogP contribution in [0.5, 0.6) is 17.2 Å². The van der Waals surface area contributed by atoms with Gasteiger partial charge in [-0.2, -0.15) is 0 Å². The molecular weight excluding hydrogens is 288 g/mol. The molecule has 1 N–H and O–H groups in total. The van der Waals surface area contributed by atoms with Crippen LogP contribution in [-0.4, -0.2) is 38.3 Å². The van der Waals surface area contributed by atoms with Crippen molar-refractivity contribution in [2.75, 3.05) is 32.4 Å². The maximum absolute atomic E-state index is 5.36. The van der Waals surface area contributed by atoms with E-state index in [-0.39, 0.29) is 0 Å². The summed E-state index contributed by atoms with van der Waals surface area (Å²) in [4.78, 5) is 4.67. The molecule has 1 aliphatic heterocycles. The third-order valence-electron chi connectivity index (χ3n) is 3.54. The Morgan fingerprint density at radius 1 is 1.10 bits per heavy atom. The van der Waals surface area contributed by atoms with Crippen molar-refractivity contribution in [2.24, 2.45) is 10.9 Å². The Balaban J connectivity index is 2.26. The summed E-state index contributed by atoms with van der Waals surface area (Å²) in [5.41, 5.74) is 0.873. The number of rotatable bonds is 4. The molecule has 6 heteroatoms. The van der Waals surface area contributed by atoms with Crippen LogP contribution < -0.4 is 19.5 Å². The zero-order valence-electron chi connectivity index (χ0n) is 13.1. The number of anilines is 1. The third-order valence-corrected chi connectivity index (χ3v) is 4.72. The fourth-order valence-electron chi connectivity index (χ4n) is 2.04. The summed E-state index contributed by atoms with van der Waals surface area (Å²) in [7, 11) is 4.81. The van der Waals surface area contributed by atoms with E-state index in [1.165, 1.54) is 0 Å². The minimum Gasteiger partial charge on any atom is -0.493 e. The molecule has 21 heavy (non-hydrogen) atoms. The first kappa shape index (κ1) is 15.8. The van der Waals surface area contributed by atoms with E-state index in [2.05, 4.69) is 24.2 Å². The molecule has 1 aliphatic rings. The van der Waals surface area contributed by atoms with Crippen LogP contribution in [0, 0.1) is 5.92 Å². The molecule has 0 fully saturated rings. The van der Waals surface area contributed by atoms with Crippen LogP contribution in [0.2, 0.25) is 0 Å². The van der Waals surface area contributed by atoms with Gasteiger partial charge in [-0.05, 0) is 12.8 Å². The molecule has 0 radical (unpaired) electrons. The van der Waals surface area contributed by atoms with Gasteiger partial charge < -0.3 is 19.5 Å². The van der Waals surface area contributed by atoms with Crippen LogP contribution in [0.3, 0.4) is 0 Å². The number of amidine groups is 1. The monoisotopic (exact) mass is 310 g/mol. The number of nitrogens with zero attached hydrogens (tertiary/aromatic N) is 1. The van der Waals surface area contributed by atoms with Gasteiger partial charge in [0.1, 0.15) is 0 Å². The lowest BCUT2D eigenvalue weighted by Crippen LogP contribution is -2.25. The van der Waals surface area contributed by atoms with Gasteiger partial charge in [0, 0.05) is 23.6 Å². The zero-order valence-corrected chi connectivity index (χ0v) is 13.9. The zero-order chi connectivity index (χ0) is 15.4. The maximum Gasteiger partial charge on any atom is 0.203 e. The van der Waals surface area contributed by atoms with Crippen molar-refractivity contribution in [3.05, 3.63) is 12.1 Å². The molecule has 0 saturated heterocycles. The quantitative estimate of drug-likeness (QED) is 0.925. The Morgan fingerprint density at radius 3 is 2.19 bits per heavy atom. The number of hydrogen-bond donors (Lipinski definition) is 1. The van der Waals surface area contributed by atoms with E-state index in [1.54, 1.807) is 33.1 Å². The molecule has 5 nitrogen and oxygen atoms in total. The van der Waals surface area contributed by atoms with Gasteiger partial charge in [0.05, 0.1) is 27.4 Å². The lowest BCUT2D eigenvalue weighted by molar-refractivity contribution is 0.324. The Hall–Kier alpha value is -1.56. The topological polar surface area (TPSA) is 52.1 Å². The fraction of sp³-hybridized carbons (Fsp3) is 0.533. The van der Waals surface area contributed by atoms with Gasteiger partial charge in [-0.3, -0.25) is 4.99 Å². The van der Waals surface area contributed by atoms with Gasteiger partial charge in [-0.25, -0.2) is 0 Å². The molecule has 0 aliphatic carbocycles. The molecule has 2 unspecified atom stereocenters. The number of ether oxygens (including phenoxy) is 3. The highest BCUT2D eigenvalue weighted by Crippen LogP contribution is 2.40. The number of hydrogen-bond acceptors (Lipinski definition) is 6. The first-order chi connectivity index (χ1) is 10.1.